The molecule has 0 unspecified atom stereocenters. The van der Waals surface area contributed by atoms with E-state index in [0.29, 0.717) is 28.6 Å². The number of aromatic nitrogens is 3. The Bertz CT molecular complexity index is 1120. The van der Waals surface area contributed by atoms with Gasteiger partial charge in [-0.3, -0.25) is 4.68 Å². The van der Waals surface area contributed by atoms with Crippen LogP contribution >= 0.6 is 11.6 Å². The number of halogens is 1. The average molecular weight is 368 g/mol. The number of rotatable bonds is 4. The minimum atomic E-state index is -1.06. The second kappa shape index (κ2) is 6.31. The van der Waals surface area contributed by atoms with E-state index < -0.39 is 5.97 Å². The summed E-state index contributed by atoms with van der Waals surface area (Å²) in [5, 5.41) is 13.8. The van der Waals surface area contributed by atoms with Gasteiger partial charge in [-0.25, -0.2) is 9.78 Å². The van der Waals surface area contributed by atoms with Gasteiger partial charge in [0.25, 0.3) is 0 Å². The van der Waals surface area contributed by atoms with Crippen LogP contribution in [0.2, 0.25) is 5.02 Å². The second-order valence-corrected chi connectivity index (χ2v) is 6.37. The van der Waals surface area contributed by atoms with Gasteiger partial charge >= 0.3 is 5.97 Å². The normalized spacial score (nSPS) is 11.2. The summed E-state index contributed by atoms with van der Waals surface area (Å²) < 4.78 is 7.59. The molecule has 0 amide bonds. The molecular formula is C19H14ClN3O3. The first-order chi connectivity index (χ1) is 12.5. The lowest BCUT2D eigenvalue weighted by atomic mass is 10.2. The Kier molecular flexibility index (Phi) is 3.97. The molecule has 4 rings (SSSR count). The van der Waals surface area contributed by atoms with E-state index in [0.717, 1.165) is 16.8 Å². The van der Waals surface area contributed by atoms with Gasteiger partial charge in [-0.1, -0.05) is 29.8 Å². The van der Waals surface area contributed by atoms with Crippen molar-refractivity contribution < 1.29 is 14.3 Å². The van der Waals surface area contributed by atoms with Crippen LogP contribution in [0, 0.1) is 6.92 Å². The number of fused-ring (bicyclic) bond motifs is 1. The lowest BCUT2D eigenvalue weighted by Gasteiger charge is -2.05. The van der Waals surface area contributed by atoms with Gasteiger partial charge in [0, 0.05) is 21.8 Å². The molecule has 130 valence electrons. The van der Waals surface area contributed by atoms with E-state index in [1.165, 1.54) is 6.07 Å². The summed E-state index contributed by atoms with van der Waals surface area (Å²) >= 11 is 6.24. The number of aryl methyl sites for hydroxylation is 1. The summed E-state index contributed by atoms with van der Waals surface area (Å²) in [4.78, 5) is 15.6. The number of oxazole rings is 1. The van der Waals surface area contributed by atoms with Gasteiger partial charge in [0.15, 0.2) is 11.3 Å². The number of carboxylic acid groups (broad SMARTS) is 1. The van der Waals surface area contributed by atoms with E-state index in [1.807, 2.05) is 30.3 Å². The van der Waals surface area contributed by atoms with Crippen molar-refractivity contribution in [3.05, 3.63) is 70.5 Å². The van der Waals surface area contributed by atoms with Crippen LogP contribution in [0.15, 0.2) is 52.9 Å². The number of aromatic carboxylic acids is 1. The van der Waals surface area contributed by atoms with Crippen molar-refractivity contribution >= 4 is 28.7 Å². The predicted octanol–water partition coefficient (Wildman–Crippen LogP) is 4.40. The predicted molar refractivity (Wildman–Crippen MR) is 97.5 cm³/mol. The van der Waals surface area contributed by atoms with Gasteiger partial charge < -0.3 is 9.52 Å². The molecule has 4 aromatic rings. The third-order valence-corrected chi connectivity index (χ3v) is 4.29. The van der Waals surface area contributed by atoms with E-state index in [4.69, 9.17) is 21.1 Å². The number of hydrogen-bond donors (Lipinski definition) is 1. The molecule has 2 aromatic heterocycles. The zero-order valence-electron chi connectivity index (χ0n) is 13.8. The lowest BCUT2D eigenvalue weighted by molar-refractivity contribution is 0.0689. The van der Waals surface area contributed by atoms with Gasteiger partial charge in [0.2, 0.25) is 5.89 Å². The molecule has 0 bridgehead atoms. The van der Waals surface area contributed by atoms with Gasteiger partial charge in [-0.15, -0.1) is 0 Å². The van der Waals surface area contributed by atoms with Gasteiger partial charge in [-0.2, -0.15) is 5.10 Å². The van der Waals surface area contributed by atoms with Crippen LogP contribution in [0.5, 0.6) is 0 Å². The zero-order valence-corrected chi connectivity index (χ0v) is 14.6. The highest BCUT2D eigenvalue weighted by Gasteiger charge is 2.16. The summed E-state index contributed by atoms with van der Waals surface area (Å²) in [6.07, 6.45) is 0. The van der Waals surface area contributed by atoms with E-state index in [2.05, 4.69) is 10.1 Å². The molecule has 2 aromatic carbocycles. The molecule has 0 aliphatic heterocycles. The fourth-order valence-electron chi connectivity index (χ4n) is 2.82. The minimum Gasteiger partial charge on any atom is -0.476 e. The molecular weight excluding hydrogens is 354 g/mol. The van der Waals surface area contributed by atoms with Gasteiger partial charge in [-0.05, 0) is 37.3 Å². The molecule has 0 spiro atoms. The fraction of sp³-hybridized carbons (Fsp3) is 0.105. The zero-order chi connectivity index (χ0) is 18.3. The maximum absolute atomic E-state index is 11.1. The smallest absolute Gasteiger partial charge is 0.356 e. The van der Waals surface area contributed by atoms with Crippen molar-refractivity contribution in [1.29, 1.82) is 0 Å². The molecule has 0 aliphatic rings. The molecule has 7 heteroatoms. The molecule has 26 heavy (non-hydrogen) atoms. The lowest BCUT2D eigenvalue weighted by Crippen LogP contribution is -2.06. The van der Waals surface area contributed by atoms with Crippen molar-refractivity contribution in [1.82, 2.24) is 14.8 Å². The van der Waals surface area contributed by atoms with Crippen LogP contribution in [0.25, 0.3) is 22.6 Å². The third kappa shape index (κ3) is 2.95. The SMILES string of the molecule is Cc1cc(C(=O)O)nn1Cc1cc(Cl)cc2nc(-c3ccccc3)oc12. The number of carboxylic acids is 1. The molecule has 0 saturated carbocycles. The first-order valence-electron chi connectivity index (χ1n) is 7.93. The van der Waals surface area contributed by atoms with E-state index in [9.17, 15) is 4.79 Å². The summed E-state index contributed by atoms with van der Waals surface area (Å²) in [5.41, 5.74) is 3.65. The van der Waals surface area contributed by atoms with Crippen molar-refractivity contribution in [2.75, 3.05) is 0 Å². The van der Waals surface area contributed by atoms with Crippen molar-refractivity contribution in [3.63, 3.8) is 0 Å². The number of benzene rings is 2. The van der Waals surface area contributed by atoms with Crippen LogP contribution in [0.3, 0.4) is 0 Å². The van der Waals surface area contributed by atoms with Crippen LogP contribution in [0.4, 0.5) is 0 Å². The molecule has 0 fully saturated rings. The first-order valence-corrected chi connectivity index (χ1v) is 8.31. The van der Waals surface area contributed by atoms with Crippen LogP contribution < -0.4 is 0 Å². The monoisotopic (exact) mass is 367 g/mol. The Balaban J connectivity index is 1.80. The Morgan fingerprint density at radius 2 is 2.00 bits per heavy atom. The summed E-state index contributed by atoms with van der Waals surface area (Å²) in [6, 6.07) is 14.7. The summed E-state index contributed by atoms with van der Waals surface area (Å²) in [5.74, 6) is -0.554. The summed E-state index contributed by atoms with van der Waals surface area (Å²) in [6.45, 7) is 2.14. The van der Waals surface area contributed by atoms with Crippen LogP contribution in [-0.2, 0) is 6.54 Å². The molecule has 1 N–H and O–H groups in total. The molecule has 0 aliphatic carbocycles. The standard InChI is InChI=1S/C19H14ClN3O3/c1-11-7-16(19(24)25)22-23(11)10-13-8-14(20)9-15-17(13)26-18(21-15)12-5-3-2-4-6-12/h2-9H,10H2,1H3,(H,24,25). The number of carbonyl (C=O) groups is 1. The summed E-state index contributed by atoms with van der Waals surface area (Å²) in [7, 11) is 0. The highest BCUT2D eigenvalue weighted by molar-refractivity contribution is 6.31. The quantitative estimate of drug-likeness (QED) is 0.578. The molecule has 2 heterocycles. The number of nitrogens with zero attached hydrogens (tertiary/aromatic N) is 3. The van der Waals surface area contributed by atoms with Crippen molar-refractivity contribution in [3.8, 4) is 11.5 Å². The van der Waals surface area contributed by atoms with E-state index in [-0.39, 0.29) is 5.69 Å². The van der Waals surface area contributed by atoms with Crippen molar-refractivity contribution in [2.45, 2.75) is 13.5 Å². The molecule has 6 nitrogen and oxygen atoms in total. The first kappa shape index (κ1) is 16.4. The topological polar surface area (TPSA) is 81.1 Å². The molecule has 0 radical (unpaired) electrons. The van der Waals surface area contributed by atoms with Crippen LogP contribution in [0.1, 0.15) is 21.7 Å². The highest BCUT2D eigenvalue weighted by atomic mass is 35.5. The van der Waals surface area contributed by atoms with Gasteiger partial charge in [0.1, 0.15) is 5.52 Å². The Morgan fingerprint density at radius 1 is 1.23 bits per heavy atom. The largest absolute Gasteiger partial charge is 0.476 e. The Morgan fingerprint density at radius 3 is 2.69 bits per heavy atom. The third-order valence-electron chi connectivity index (χ3n) is 4.07. The highest BCUT2D eigenvalue weighted by Crippen LogP contribution is 2.30. The minimum absolute atomic E-state index is 0.00307. The Hall–Kier alpha value is -3.12. The maximum Gasteiger partial charge on any atom is 0.356 e. The van der Waals surface area contributed by atoms with Crippen LogP contribution in [-0.4, -0.2) is 25.8 Å². The second-order valence-electron chi connectivity index (χ2n) is 5.93. The van der Waals surface area contributed by atoms with E-state index >= 15 is 0 Å². The maximum atomic E-state index is 11.1. The Labute approximate surface area is 153 Å². The fourth-order valence-corrected chi connectivity index (χ4v) is 3.06. The molecule has 0 atom stereocenters. The van der Waals surface area contributed by atoms with Crippen molar-refractivity contribution in [2.24, 2.45) is 0 Å². The average Bonchev–Trinajstić information content (AvgIpc) is 3.20. The number of hydrogen-bond acceptors (Lipinski definition) is 4. The van der Waals surface area contributed by atoms with Gasteiger partial charge in [0.05, 0.1) is 6.54 Å². The molecule has 0 saturated heterocycles. The van der Waals surface area contributed by atoms with E-state index in [1.54, 1.807) is 23.7 Å².